The molecule has 18 atom stereocenters. The van der Waals surface area contributed by atoms with Gasteiger partial charge in [-0.3, -0.25) is 14.2 Å². The second-order valence-electron chi connectivity index (χ2n) is 21.5. The van der Waals surface area contributed by atoms with Crippen LogP contribution in [0.1, 0.15) is 119 Å². The van der Waals surface area contributed by atoms with Gasteiger partial charge in [-0.1, -0.05) is 38.7 Å². The van der Waals surface area contributed by atoms with Crippen LogP contribution in [0.15, 0.2) is 47.4 Å². The number of carbonyl (C=O) groups is 1. The highest BCUT2D eigenvalue weighted by Gasteiger charge is 2.53. The minimum Gasteiger partial charge on any atom is -0.459 e. The van der Waals surface area contributed by atoms with Gasteiger partial charge in [0.1, 0.15) is 30.0 Å². The summed E-state index contributed by atoms with van der Waals surface area (Å²) in [5, 5.41) is 59.5. The Hall–Kier alpha value is -3.28. The monoisotopic (exact) mass is 984 g/mol. The zero-order valence-electron chi connectivity index (χ0n) is 44.2. The molecule has 0 spiro atoms. The number of cyclic esters (lactones) is 1. The molecule has 0 amide bonds. The number of carbonyl (C=O) groups excluding carboxylic acids is 1. The van der Waals surface area contributed by atoms with E-state index in [-0.39, 0.29) is 42.9 Å². The van der Waals surface area contributed by atoms with Gasteiger partial charge in [-0.25, -0.2) is 0 Å². The Bertz CT molecular complexity index is 2120. The Balaban J connectivity index is 1.41. The van der Waals surface area contributed by atoms with Crippen molar-refractivity contribution in [2.45, 2.75) is 205 Å². The molecule has 5 rings (SSSR count). The van der Waals surface area contributed by atoms with Gasteiger partial charge >= 0.3 is 5.97 Å². The highest BCUT2D eigenvalue weighted by molar-refractivity contribution is 5.73. The molecule has 2 aromatic rings. The lowest BCUT2D eigenvalue weighted by molar-refractivity contribution is -0.318. The molecule has 3 fully saturated rings. The number of nitrogens with zero attached hydrogens (tertiary/aromatic N) is 3. The fraction of sp³-hybridized carbons (Fsp3) is 0.741. The summed E-state index contributed by atoms with van der Waals surface area (Å²) in [5.74, 6) is 3.74. The standard InChI is InChI=1S/C54H85N3O13/c1-15-42-54(11,64)47(60)37(7)56(13)30-33(3)28-52(9,63)49(35(5)46(36(6)50(62)68-42)69-44-29-53(10,65-14)48(61)38(8)67-44)70-51-45(59)41(27-34(4)66-51)55(12)26-18-16-17-19-39-21-23-40(24-22-39)57-31-32(2)20-25-43(57)58/h20-25,31,33-38,41-42,44-49,51,59-61,63-64H,15-16,18,26-30H2,1-14H3/t33-,34-,35+,36-,37-,38+,41+,42-,44+,45-,46+,47-,48+,49-,51+,52-,53-,54-/m1/s1. The second-order valence-corrected chi connectivity index (χ2v) is 21.5. The summed E-state index contributed by atoms with van der Waals surface area (Å²) < 4.78 is 39.9. The maximum atomic E-state index is 14.5. The topological polar surface area (TPSA) is 202 Å². The summed E-state index contributed by atoms with van der Waals surface area (Å²) >= 11 is 0. The quantitative estimate of drug-likeness (QED) is 0.119. The van der Waals surface area contributed by atoms with Crippen LogP contribution in [-0.2, 0) is 33.2 Å². The number of pyridine rings is 1. The SMILES string of the molecule is CC[C@H]1OC(=O)[C@H](C)[C@@H](O[C@H]2C[C@@](C)(OC)[C@@H](O)[C@H](C)O2)[C@H](C)[C@@H](O[C@@H]2O[C@H](C)C[C@H](N(C)CCCC#Cc3ccc(-n4cc(C)ccc4=O)cc3)[C@H]2O)[C@](C)(O)C[C@@H](C)CN(C)[C@H](C)[C@@H](O)[C@]1(C)O. The molecule has 1 aromatic carbocycles. The van der Waals surface area contributed by atoms with Crippen molar-refractivity contribution in [2.24, 2.45) is 17.8 Å². The first kappa shape index (κ1) is 57.6. The molecule has 16 heteroatoms. The fourth-order valence-corrected chi connectivity index (χ4v) is 10.9. The number of hydrogen-bond donors (Lipinski definition) is 5. The molecule has 3 aliphatic rings. The van der Waals surface area contributed by atoms with Crippen molar-refractivity contribution in [3.05, 3.63) is 64.1 Å². The zero-order chi connectivity index (χ0) is 52.0. The largest absolute Gasteiger partial charge is 0.459 e. The first-order valence-electron chi connectivity index (χ1n) is 25.3. The summed E-state index contributed by atoms with van der Waals surface area (Å²) in [7, 11) is 5.30. The van der Waals surface area contributed by atoms with Gasteiger partial charge in [0.2, 0.25) is 0 Å². The average molecular weight is 984 g/mol. The highest BCUT2D eigenvalue weighted by atomic mass is 16.7. The van der Waals surface area contributed by atoms with Crippen molar-refractivity contribution in [1.29, 1.82) is 0 Å². The number of hydrogen-bond acceptors (Lipinski definition) is 15. The number of rotatable bonds is 11. The van der Waals surface area contributed by atoms with Crippen molar-refractivity contribution < 1.29 is 58.7 Å². The third kappa shape index (κ3) is 13.7. The molecule has 0 unspecified atom stereocenters. The van der Waals surface area contributed by atoms with Gasteiger partial charge in [-0.2, -0.15) is 0 Å². The minimum atomic E-state index is -1.83. The molecule has 5 N–H and O–H groups in total. The summed E-state index contributed by atoms with van der Waals surface area (Å²) in [6, 6.07) is 9.97. The Labute approximate surface area is 416 Å². The third-order valence-corrected chi connectivity index (χ3v) is 15.4. The van der Waals surface area contributed by atoms with E-state index in [4.69, 9.17) is 28.4 Å². The Morgan fingerprint density at radius 3 is 2.23 bits per heavy atom. The van der Waals surface area contributed by atoms with Crippen LogP contribution < -0.4 is 5.56 Å². The molecule has 394 valence electrons. The van der Waals surface area contributed by atoms with Crippen LogP contribution in [0.5, 0.6) is 0 Å². The van der Waals surface area contributed by atoms with E-state index in [0.717, 1.165) is 23.2 Å². The van der Waals surface area contributed by atoms with Gasteiger partial charge < -0.3 is 63.8 Å². The van der Waals surface area contributed by atoms with Crippen LogP contribution in [0, 0.1) is 36.5 Å². The van der Waals surface area contributed by atoms with E-state index in [0.29, 0.717) is 25.9 Å². The van der Waals surface area contributed by atoms with Crippen molar-refractivity contribution in [2.75, 3.05) is 34.3 Å². The van der Waals surface area contributed by atoms with E-state index in [2.05, 4.69) is 16.7 Å². The van der Waals surface area contributed by atoms with Crippen LogP contribution >= 0.6 is 0 Å². The van der Waals surface area contributed by atoms with Crippen molar-refractivity contribution in [3.63, 3.8) is 0 Å². The predicted octanol–water partition coefficient (Wildman–Crippen LogP) is 4.56. The molecule has 0 bridgehead atoms. The number of methoxy groups -OCH3 is 1. The van der Waals surface area contributed by atoms with Crippen molar-refractivity contribution >= 4 is 5.97 Å². The number of likely N-dealkylation sites (N-methyl/N-ethyl adjacent to an activating group) is 2. The molecule has 3 aliphatic heterocycles. The number of benzene rings is 1. The average Bonchev–Trinajstić information content (AvgIpc) is 3.30. The lowest BCUT2D eigenvalue weighted by atomic mass is 9.77. The maximum absolute atomic E-state index is 14.5. The molecular formula is C54H85N3O13. The van der Waals surface area contributed by atoms with Gasteiger partial charge in [-0.15, -0.1) is 0 Å². The van der Waals surface area contributed by atoms with Gasteiger partial charge in [-0.05, 0) is 137 Å². The molecule has 4 heterocycles. The van der Waals surface area contributed by atoms with Crippen LogP contribution in [0.4, 0.5) is 0 Å². The van der Waals surface area contributed by atoms with E-state index in [9.17, 15) is 35.1 Å². The Morgan fingerprint density at radius 1 is 0.914 bits per heavy atom. The highest BCUT2D eigenvalue weighted by Crippen LogP contribution is 2.40. The number of ether oxygens (including phenoxy) is 6. The summed E-state index contributed by atoms with van der Waals surface area (Å²) in [5.41, 5.74) is -2.02. The van der Waals surface area contributed by atoms with E-state index >= 15 is 0 Å². The fourth-order valence-electron chi connectivity index (χ4n) is 10.9. The zero-order valence-corrected chi connectivity index (χ0v) is 44.2. The number of aromatic nitrogens is 1. The number of esters is 1. The Kier molecular flexibility index (Phi) is 19.9. The lowest BCUT2D eigenvalue weighted by Crippen LogP contribution is -2.60. The molecular weight excluding hydrogens is 899 g/mol. The van der Waals surface area contributed by atoms with Gasteiger partial charge in [0, 0.05) is 68.0 Å². The maximum Gasteiger partial charge on any atom is 0.311 e. The third-order valence-electron chi connectivity index (χ3n) is 15.4. The molecule has 70 heavy (non-hydrogen) atoms. The smallest absolute Gasteiger partial charge is 0.311 e. The van der Waals surface area contributed by atoms with Gasteiger partial charge in [0.15, 0.2) is 12.6 Å². The predicted molar refractivity (Wildman–Crippen MR) is 266 cm³/mol. The number of aliphatic hydroxyl groups excluding tert-OH is 3. The first-order chi connectivity index (χ1) is 32.7. The van der Waals surface area contributed by atoms with Crippen LogP contribution in [0.3, 0.4) is 0 Å². The molecule has 0 radical (unpaired) electrons. The van der Waals surface area contributed by atoms with E-state index in [1.54, 1.807) is 58.2 Å². The van der Waals surface area contributed by atoms with Crippen LogP contribution in [0.2, 0.25) is 0 Å². The van der Waals surface area contributed by atoms with Crippen LogP contribution in [-0.4, -0.2) is 170 Å². The first-order valence-corrected chi connectivity index (χ1v) is 25.3. The summed E-state index contributed by atoms with van der Waals surface area (Å²) in [6.07, 6.45) is -5.74. The summed E-state index contributed by atoms with van der Waals surface area (Å²) in [6.45, 7) is 20.6. The molecule has 3 saturated heterocycles. The van der Waals surface area contributed by atoms with Crippen molar-refractivity contribution in [1.82, 2.24) is 14.4 Å². The van der Waals surface area contributed by atoms with Crippen LogP contribution in [0.25, 0.3) is 5.69 Å². The number of aliphatic hydroxyl groups is 5. The second kappa shape index (κ2) is 24.2. The molecule has 0 saturated carbocycles. The molecule has 0 aliphatic carbocycles. The minimum absolute atomic E-state index is 0.100. The molecule has 16 nitrogen and oxygen atoms in total. The van der Waals surface area contributed by atoms with E-state index in [1.165, 1.54) is 14.0 Å². The van der Waals surface area contributed by atoms with E-state index in [1.807, 2.05) is 77.2 Å². The lowest BCUT2D eigenvalue weighted by Gasteiger charge is -2.49. The number of aryl methyl sites for hydroxylation is 1. The molecule has 1 aromatic heterocycles. The Morgan fingerprint density at radius 2 is 1.59 bits per heavy atom. The number of unbranched alkanes of at least 4 members (excludes halogenated alkanes) is 1. The van der Waals surface area contributed by atoms with Gasteiger partial charge in [0.05, 0.1) is 41.5 Å². The summed E-state index contributed by atoms with van der Waals surface area (Å²) in [4.78, 5) is 30.9. The van der Waals surface area contributed by atoms with Gasteiger partial charge in [0.25, 0.3) is 5.56 Å². The van der Waals surface area contributed by atoms with E-state index < -0.39 is 96.0 Å². The normalized spacial score (nSPS) is 39.6. The van der Waals surface area contributed by atoms with Crippen molar-refractivity contribution in [3.8, 4) is 17.5 Å².